The first-order valence-corrected chi connectivity index (χ1v) is 8.69. The van der Waals surface area contributed by atoms with Gasteiger partial charge in [-0.2, -0.15) is 0 Å². The van der Waals surface area contributed by atoms with Gasteiger partial charge in [-0.3, -0.25) is 4.79 Å². The molecule has 3 rings (SSSR count). The van der Waals surface area contributed by atoms with E-state index in [1.807, 2.05) is 56.3 Å². The number of nitrogens with zero attached hydrogens (tertiary/aromatic N) is 1. The summed E-state index contributed by atoms with van der Waals surface area (Å²) in [5, 5.41) is 6.21. The lowest BCUT2D eigenvalue weighted by molar-refractivity contribution is 0.102. The number of benzene rings is 2. The summed E-state index contributed by atoms with van der Waals surface area (Å²) in [6.07, 6.45) is 1.66. The highest BCUT2D eigenvalue weighted by Crippen LogP contribution is 2.24. The van der Waals surface area contributed by atoms with Crippen molar-refractivity contribution < 1.29 is 4.79 Å². The Labute approximate surface area is 155 Å². The highest BCUT2D eigenvalue weighted by atomic mass is 79.9. The fourth-order valence-corrected chi connectivity index (χ4v) is 2.81. The van der Waals surface area contributed by atoms with E-state index in [9.17, 15) is 4.79 Å². The van der Waals surface area contributed by atoms with E-state index in [0.717, 1.165) is 27.0 Å². The summed E-state index contributed by atoms with van der Waals surface area (Å²) in [6.45, 7) is 3.96. The molecule has 0 aliphatic carbocycles. The fraction of sp³-hybridized carbons (Fsp3) is 0.100. The van der Waals surface area contributed by atoms with E-state index in [1.54, 1.807) is 18.3 Å². The van der Waals surface area contributed by atoms with E-state index < -0.39 is 0 Å². The summed E-state index contributed by atoms with van der Waals surface area (Å²) in [5.41, 5.74) is 4.25. The molecule has 25 heavy (non-hydrogen) atoms. The van der Waals surface area contributed by atoms with Gasteiger partial charge in [0.2, 0.25) is 0 Å². The minimum Gasteiger partial charge on any atom is -0.340 e. The van der Waals surface area contributed by atoms with Gasteiger partial charge in [-0.1, -0.05) is 34.1 Å². The molecule has 0 aliphatic heterocycles. The van der Waals surface area contributed by atoms with E-state index in [1.165, 1.54) is 0 Å². The molecule has 0 spiro atoms. The Morgan fingerprint density at radius 2 is 1.64 bits per heavy atom. The number of para-hydroxylation sites is 1. The first-order valence-electron chi connectivity index (χ1n) is 7.90. The molecule has 1 aromatic heterocycles. The molecular weight excluding hydrogens is 378 g/mol. The lowest BCUT2D eigenvalue weighted by atomic mass is 10.1. The molecule has 3 aromatic rings. The van der Waals surface area contributed by atoms with Crippen molar-refractivity contribution in [2.75, 3.05) is 10.6 Å². The molecule has 0 fully saturated rings. The zero-order chi connectivity index (χ0) is 17.8. The number of aromatic nitrogens is 1. The quantitative estimate of drug-likeness (QED) is 0.616. The molecule has 0 aliphatic rings. The van der Waals surface area contributed by atoms with Crippen LogP contribution in [0, 0.1) is 13.8 Å². The Morgan fingerprint density at radius 3 is 2.32 bits per heavy atom. The van der Waals surface area contributed by atoms with Crippen LogP contribution < -0.4 is 10.6 Å². The summed E-state index contributed by atoms with van der Waals surface area (Å²) < 4.78 is 0.993. The highest BCUT2D eigenvalue weighted by molar-refractivity contribution is 9.10. The molecule has 2 aromatic carbocycles. The van der Waals surface area contributed by atoms with Gasteiger partial charge in [-0.05, 0) is 61.4 Å². The van der Waals surface area contributed by atoms with Crippen LogP contribution in [0.3, 0.4) is 0 Å². The smallest absolute Gasteiger partial charge is 0.259 e. The molecule has 0 saturated heterocycles. The summed E-state index contributed by atoms with van der Waals surface area (Å²) in [6, 6.07) is 17.2. The van der Waals surface area contributed by atoms with Crippen LogP contribution in [-0.4, -0.2) is 10.9 Å². The average Bonchev–Trinajstić information content (AvgIpc) is 2.60. The third-order valence-corrected chi connectivity index (χ3v) is 4.41. The third-order valence-electron chi connectivity index (χ3n) is 3.88. The fourth-order valence-electron chi connectivity index (χ4n) is 2.55. The first-order chi connectivity index (χ1) is 12.0. The van der Waals surface area contributed by atoms with Crippen molar-refractivity contribution in [2.24, 2.45) is 0 Å². The van der Waals surface area contributed by atoms with Crippen LogP contribution in [0.1, 0.15) is 21.5 Å². The molecule has 0 atom stereocenters. The molecule has 0 bridgehead atoms. The topological polar surface area (TPSA) is 54.0 Å². The van der Waals surface area contributed by atoms with Gasteiger partial charge >= 0.3 is 0 Å². The van der Waals surface area contributed by atoms with Crippen LogP contribution >= 0.6 is 15.9 Å². The van der Waals surface area contributed by atoms with Crippen LogP contribution in [0.5, 0.6) is 0 Å². The molecule has 4 nitrogen and oxygen atoms in total. The van der Waals surface area contributed by atoms with Crippen LogP contribution in [0.15, 0.2) is 65.3 Å². The number of rotatable bonds is 4. The van der Waals surface area contributed by atoms with E-state index in [4.69, 9.17) is 0 Å². The highest BCUT2D eigenvalue weighted by Gasteiger charge is 2.14. The summed E-state index contributed by atoms with van der Waals surface area (Å²) in [5.74, 6) is 0.332. The zero-order valence-corrected chi connectivity index (χ0v) is 15.6. The Bertz CT molecular complexity index is 887. The van der Waals surface area contributed by atoms with Crippen molar-refractivity contribution in [3.05, 3.63) is 82.0 Å². The van der Waals surface area contributed by atoms with Crippen molar-refractivity contribution in [1.29, 1.82) is 0 Å². The number of anilines is 3. The Hall–Kier alpha value is -2.66. The second-order valence-electron chi connectivity index (χ2n) is 5.75. The summed E-state index contributed by atoms with van der Waals surface area (Å²) >= 11 is 3.41. The maximum Gasteiger partial charge on any atom is 0.259 e. The van der Waals surface area contributed by atoms with Crippen LogP contribution in [-0.2, 0) is 0 Å². The van der Waals surface area contributed by atoms with Gasteiger partial charge in [-0.15, -0.1) is 0 Å². The molecule has 5 heteroatoms. The number of carbonyl (C=O) groups is 1. The van der Waals surface area contributed by atoms with E-state index in [0.29, 0.717) is 11.4 Å². The van der Waals surface area contributed by atoms with Gasteiger partial charge in [-0.25, -0.2) is 4.98 Å². The molecular formula is C20H18BrN3O. The third kappa shape index (κ3) is 4.06. The van der Waals surface area contributed by atoms with Crippen molar-refractivity contribution >= 4 is 39.0 Å². The van der Waals surface area contributed by atoms with Crippen LogP contribution in [0.2, 0.25) is 0 Å². The Balaban J connectivity index is 1.87. The van der Waals surface area contributed by atoms with Crippen LogP contribution in [0.25, 0.3) is 0 Å². The number of aryl methyl sites for hydroxylation is 2. The lowest BCUT2D eigenvalue weighted by Gasteiger charge is -2.14. The summed E-state index contributed by atoms with van der Waals surface area (Å²) in [4.78, 5) is 17.1. The Morgan fingerprint density at radius 1 is 0.960 bits per heavy atom. The van der Waals surface area contributed by atoms with Gasteiger partial charge in [0, 0.05) is 22.0 Å². The molecule has 126 valence electrons. The molecule has 1 heterocycles. The standard InChI is InChI=1S/C20H18BrN3O/c1-13-5-3-6-14(2)18(13)24-20(25)17-7-4-12-22-19(17)23-16-10-8-15(21)9-11-16/h3-12H,1-2H3,(H,22,23)(H,24,25). The number of hydrogen-bond donors (Lipinski definition) is 2. The van der Waals surface area contributed by atoms with E-state index in [2.05, 4.69) is 31.5 Å². The van der Waals surface area contributed by atoms with Gasteiger partial charge in [0.15, 0.2) is 0 Å². The lowest BCUT2D eigenvalue weighted by Crippen LogP contribution is -2.16. The average molecular weight is 396 g/mol. The number of hydrogen-bond acceptors (Lipinski definition) is 3. The zero-order valence-electron chi connectivity index (χ0n) is 14.0. The van der Waals surface area contributed by atoms with Crippen LogP contribution in [0.4, 0.5) is 17.2 Å². The number of amides is 1. The largest absolute Gasteiger partial charge is 0.340 e. The van der Waals surface area contributed by atoms with Crippen molar-refractivity contribution in [2.45, 2.75) is 13.8 Å². The van der Waals surface area contributed by atoms with Gasteiger partial charge in [0.1, 0.15) is 5.82 Å². The maximum atomic E-state index is 12.8. The van der Waals surface area contributed by atoms with Crippen molar-refractivity contribution in [3.8, 4) is 0 Å². The summed E-state index contributed by atoms with van der Waals surface area (Å²) in [7, 11) is 0. The molecule has 0 unspecified atom stereocenters. The van der Waals surface area contributed by atoms with Crippen molar-refractivity contribution in [3.63, 3.8) is 0 Å². The second kappa shape index (κ2) is 7.49. The number of halogens is 1. The van der Waals surface area contributed by atoms with E-state index >= 15 is 0 Å². The molecule has 0 radical (unpaired) electrons. The van der Waals surface area contributed by atoms with Gasteiger partial charge < -0.3 is 10.6 Å². The molecule has 0 saturated carbocycles. The Kier molecular flexibility index (Phi) is 5.14. The SMILES string of the molecule is Cc1cccc(C)c1NC(=O)c1cccnc1Nc1ccc(Br)cc1. The van der Waals surface area contributed by atoms with Crippen molar-refractivity contribution in [1.82, 2.24) is 4.98 Å². The predicted octanol–water partition coefficient (Wildman–Crippen LogP) is 5.46. The normalized spacial score (nSPS) is 10.4. The second-order valence-corrected chi connectivity index (χ2v) is 6.67. The van der Waals surface area contributed by atoms with Gasteiger partial charge in [0.25, 0.3) is 5.91 Å². The monoisotopic (exact) mass is 395 g/mol. The number of nitrogens with one attached hydrogen (secondary N) is 2. The number of pyridine rings is 1. The first kappa shape index (κ1) is 17.2. The maximum absolute atomic E-state index is 12.8. The molecule has 2 N–H and O–H groups in total. The minimum atomic E-state index is -0.190. The van der Waals surface area contributed by atoms with Gasteiger partial charge in [0.05, 0.1) is 5.56 Å². The minimum absolute atomic E-state index is 0.190. The van der Waals surface area contributed by atoms with E-state index in [-0.39, 0.29) is 5.91 Å². The number of carbonyl (C=O) groups excluding carboxylic acids is 1. The molecule has 1 amide bonds. The predicted molar refractivity (Wildman–Crippen MR) is 106 cm³/mol.